The molecule has 88 valence electrons. The van der Waals surface area contributed by atoms with E-state index in [0.717, 1.165) is 25.9 Å². The van der Waals surface area contributed by atoms with Crippen molar-refractivity contribution in [1.29, 1.82) is 0 Å². The average molecular weight is 219 g/mol. The van der Waals surface area contributed by atoms with Crippen molar-refractivity contribution in [3.8, 4) is 0 Å². The largest absolute Gasteiger partial charge is 0.373 e. The van der Waals surface area contributed by atoms with Crippen molar-refractivity contribution < 1.29 is 4.74 Å². The minimum absolute atomic E-state index is 0.0125. The number of nitrogens with two attached hydrogens (primary N) is 1. The molecule has 0 saturated carbocycles. The van der Waals surface area contributed by atoms with Crippen LogP contribution in [0.15, 0.2) is 24.3 Å². The Morgan fingerprint density at radius 1 is 1.50 bits per heavy atom. The molecule has 0 bridgehead atoms. The Bertz CT molecular complexity index is 356. The maximum Gasteiger partial charge on any atom is 0.0847 e. The van der Waals surface area contributed by atoms with Gasteiger partial charge in [-0.3, -0.25) is 0 Å². The highest BCUT2D eigenvalue weighted by Gasteiger charge is 2.36. The lowest BCUT2D eigenvalue weighted by molar-refractivity contribution is -0.00174. The van der Waals surface area contributed by atoms with Crippen molar-refractivity contribution in [2.45, 2.75) is 44.8 Å². The van der Waals surface area contributed by atoms with E-state index < -0.39 is 0 Å². The van der Waals surface area contributed by atoms with Crippen LogP contribution in [-0.2, 0) is 11.2 Å². The minimum Gasteiger partial charge on any atom is -0.373 e. The zero-order chi connectivity index (χ0) is 11.6. The fourth-order valence-electron chi connectivity index (χ4n) is 2.40. The molecule has 0 aliphatic carbocycles. The maximum atomic E-state index is 6.33. The van der Waals surface area contributed by atoms with Gasteiger partial charge in [0.2, 0.25) is 0 Å². The topological polar surface area (TPSA) is 35.2 Å². The van der Waals surface area contributed by atoms with Gasteiger partial charge in [0.25, 0.3) is 0 Å². The summed E-state index contributed by atoms with van der Waals surface area (Å²) in [6.07, 6.45) is 3.24. The Labute approximate surface area is 97.8 Å². The number of benzene rings is 1. The summed E-state index contributed by atoms with van der Waals surface area (Å²) in [5, 5.41) is 0. The Kier molecular flexibility index (Phi) is 3.31. The molecular formula is C14H21NO. The smallest absolute Gasteiger partial charge is 0.0847 e. The van der Waals surface area contributed by atoms with Crippen LogP contribution in [0, 0.1) is 0 Å². The van der Waals surface area contributed by atoms with Crippen LogP contribution in [0.4, 0.5) is 0 Å². The molecule has 0 amide bonds. The Morgan fingerprint density at radius 2 is 2.31 bits per heavy atom. The highest BCUT2D eigenvalue weighted by molar-refractivity contribution is 5.28. The molecule has 2 unspecified atom stereocenters. The first-order valence-electron chi connectivity index (χ1n) is 6.14. The third-order valence-corrected chi connectivity index (χ3v) is 3.63. The van der Waals surface area contributed by atoms with Crippen LogP contribution in [0.25, 0.3) is 0 Å². The first-order chi connectivity index (χ1) is 7.65. The highest BCUT2D eigenvalue weighted by Crippen LogP contribution is 2.35. The van der Waals surface area contributed by atoms with E-state index in [0.29, 0.717) is 0 Å². The molecule has 1 aliphatic heterocycles. The molecule has 1 aromatic carbocycles. The van der Waals surface area contributed by atoms with Crippen molar-refractivity contribution in [3.63, 3.8) is 0 Å². The van der Waals surface area contributed by atoms with Crippen LogP contribution < -0.4 is 5.73 Å². The van der Waals surface area contributed by atoms with Gasteiger partial charge in [0.15, 0.2) is 0 Å². The fourth-order valence-corrected chi connectivity index (χ4v) is 2.40. The summed E-state index contributed by atoms with van der Waals surface area (Å²) in [5.41, 5.74) is 8.70. The summed E-state index contributed by atoms with van der Waals surface area (Å²) in [5.74, 6) is 0. The van der Waals surface area contributed by atoms with E-state index >= 15 is 0 Å². The summed E-state index contributed by atoms with van der Waals surface area (Å²) in [7, 11) is 0. The van der Waals surface area contributed by atoms with Gasteiger partial charge < -0.3 is 10.5 Å². The molecule has 1 saturated heterocycles. The fraction of sp³-hybridized carbons (Fsp3) is 0.571. The Hall–Kier alpha value is -0.860. The molecule has 16 heavy (non-hydrogen) atoms. The first-order valence-corrected chi connectivity index (χ1v) is 6.14. The van der Waals surface area contributed by atoms with Crippen LogP contribution in [0.1, 0.15) is 43.9 Å². The zero-order valence-corrected chi connectivity index (χ0v) is 10.2. The van der Waals surface area contributed by atoms with Crippen molar-refractivity contribution >= 4 is 0 Å². The summed E-state index contributed by atoms with van der Waals surface area (Å²) in [4.78, 5) is 0. The highest BCUT2D eigenvalue weighted by atomic mass is 16.5. The van der Waals surface area contributed by atoms with E-state index in [1.807, 2.05) is 0 Å². The number of ether oxygens (including phenoxy) is 1. The molecule has 2 N–H and O–H groups in total. The van der Waals surface area contributed by atoms with Gasteiger partial charge in [-0.25, -0.2) is 0 Å². The molecule has 2 atom stereocenters. The Balaban J connectivity index is 2.22. The second-order valence-electron chi connectivity index (χ2n) is 4.84. The van der Waals surface area contributed by atoms with Crippen molar-refractivity contribution in [2.75, 3.05) is 6.61 Å². The SMILES string of the molecule is CCc1cccc(C(N)C2(C)CCCO2)c1. The molecule has 1 aliphatic rings. The first kappa shape index (κ1) is 11.6. The quantitative estimate of drug-likeness (QED) is 0.848. The number of hydrogen-bond donors (Lipinski definition) is 1. The molecule has 0 aromatic heterocycles. The molecule has 0 radical (unpaired) electrons. The normalized spacial score (nSPS) is 26.9. The Morgan fingerprint density at radius 3 is 2.94 bits per heavy atom. The number of hydrogen-bond acceptors (Lipinski definition) is 2. The second-order valence-corrected chi connectivity index (χ2v) is 4.84. The van der Waals surface area contributed by atoms with Crippen molar-refractivity contribution in [3.05, 3.63) is 35.4 Å². The van der Waals surface area contributed by atoms with Gasteiger partial charge in [0.1, 0.15) is 0 Å². The van der Waals surface area contributed by atoms with Crippen LogP contribution >= 0.6 is 0 Å². The second kappa shape index (κ2) is 4.56. The molecule has 0 spiro atoms. The van der Waals surface area contributed by atoms with Gasteiger partial charge in [-0.1, -0.05) is 31.2 Å². The minimum atomic E-state index is -0.174. The monoisotopic (exact) mass is 219 g/mol. The molecule has 1 fully saturated rings. The third kappa shape index (κ3) is 2.13. The molecule has 2 rings (SSSR count). The molecule has 2 heteroatoms. The summed E-state index contributed by atoms with van der Waals surface area (Å²) in [6.45, 7) is 5.14. The predicted molar refractivity (Wildman–Crippen MR) is 66.3 cm³/mol. The summed E-state index contributed by atoms with van der Waals surface area (Å²) in [6, 6.07) is 8.54. The average Bonchev–Trinajstić information content (AvgIpc) is 2.76. The van der Waals surface area contributed by atoms with Crippen LogP contribution in [0.2, 0.25) is 0 Å². The van der Waals surface area contributed by atoms with E-state index in [-0.39, 0.29) is 11.6 Å². The van der Waals surface area contributed by atoms with Crippen LogP contribution in [0.5, 0.6) is 0 Å². The van der Waals surface area contributed by atoms with Gasteiger partial charge in [-0.2, -0.15) is 0 Å². The molecule has 1 aromatic rings. The van der Waals surface area contributed by atoms with E-state index in [1.54, 1.807) is 0 Å². The standard InChI is InChI=1S/C14H21NO/c1-3-11-6-4-7-12(10-11)13(15)14(2)8-5-9-16-14/h4,6-7,10,13H,3,5,8-9,15H2,1-2H3. The molecule has 2 nitrogen and oxygen atoms in total. The molecule has 1 heterocycles. The maximum absolute atomic E-state index is 6.33. The lowest BCUT2D eigenvalue weighted by Gasteiger charge is -2.30. The summed E-state index contributed by atoms with van der Waals surface area (Å²) >= 11 is 0. The van der Waals surface area contributed by atoms with Crippen molar-refractivity contribution in [1.82, 2.24) is 0 Å². The predicted octanol–water partition coefficient (Wildman–Crippen LogP) is 2.82. The van der Waals surface area contributed by atoms with Gasteiger partial charge in [-0.05, 0) is 37.3 Å². The lowest BCUT2D eigenvalue weighted by atomic mass is 9.88. The van der Waals surface area contributed by atoms with Gasteiger partial charge in [0.05, 0.1) is 11.6 Å². The molecular weight excluding hydrogens is 198 g/mol. The van der Waals surface area contributed by atoms with Crippen molar-refractivity contribution in [2.24, 2.45) is 5.73 Å². The van der Waals surface area contributed by atoms with Gasteiger partial charge >= 0.3 is 0 Å². The number of rotatable bonds is 3. The number of aryl methyl sites for hydroxylation is 1. The van der Waals surface area contributed by atoms with Crippen LogP contribution in [0.3, 0.4) is 0 Å². The third-order valence-electron chi connectivity index (χ3n) is 3.63. The lowest BCUT2D eigenvalue weighted by Crippen LogP contribution is -2.37. The van der Waals surface area contributed by atoms with Crippen LogP contribution in [-0.4, -0.2) is 12.2 Å². The van der Waals surface area contributed by atoms with E-state index in [4.69, 9.17) is 10.5 Å². The van der Waals surface area contributed by atoms with Gasteiger partial charge in [-0.15, -0.1) is 0 Å². The van der Waals surface area contributed by atoms with E-state index in [2.05, 4.69) is 38.1 Å². The zero-order valence-electron chi connectivity index (χ0n) is 10.2. The summed E-state index contributed by atoms with van der Waals surface area (Å²) < 4.78 is 5.81. The van der Waals surface area contributed by atoms with E-state index in [9.17, 15) is 0 Å². The van der Waals surface area contributed by atoms with Gasteiger partial charge in [0, 0.05) is 6.61 Å². The van der Waals surface area contributed by atoms with E-state index in [1.165, 1.54) is 11.1 Å².